The quantitative estimate of drug-likeness (QED) is 0.0978. The lowest BCUT2D eigenvalue weighted by Gasteiger charge is -2.22. The first-order valence-electron chi connectivity index (χ1n) is 9.19. The fraction of sp³-hybridized carbons (Fsp3) is 0.286. The van der Waals surface area contributed by atoms with E-state index in [1.165, 1.54) is 6.07 Å². The molecule has 0 aromatic heterocycles. The second-order valence-corrected chi connectivity index (χ2v) is 9.80. The molecule has 33 heavy (non-hydrogen) atoms. The first kappa shape index (κ1) is 27.3. The van der Waals surface area contributed by atoms with Crippen LogP contribution in [0.15, 0.2) is 12.1 Å². The summed E-state index contributed by atoms with van der Waals surface area (Å²) in [4.78, 5) is 36.2. The number of halogens is 6. The van der Waals surface area contributed by atoms with Crippen LogP contribution < -0.4 is 4.74 Å². The van der Waals surface area contributed by atoms with Crippen LogP contribution in [0.1, 0.15) is 53.5 Å². The van der Waals surface area contributed by atoms with Gasteiger partial charge >= 0.3 is 17.9 Å². The van der Waals surface area contributed by atoms with Gasteiger partial charge in [-0.05, 0) is 77.6 Å². The van der Waals surface area contributed by atoms with E-state index in [9.17, 15) is 31.9 Å². The Morgan fingerprint density at radius 1 is 0.970 bits per heavy atom. The van der Waals surface area contributed by atoms with Gasteiger partial charge in [-0.3, -0.25) is 4.79 Å². The number of rotatable bonds is 7. The molecule has 6 nitrogen and oxygen atoms in total. The number of aromatic carboxylic acids is 1. The van der Waals surface area contributed by atoms with Crippen LogP contribution in [-0.4, -0.2) is 23.0 Å². The van der Waals surface area contributed by atoms with Crippen LogP contribution in [0.3, 0.4) is 0 Å². The van der Waals surface area contributed by atoms with Gasteiger partial charge in [-0.15, -0.1) is 0 Å². The largest absolute Gasteiger partial charge is 0.478 e. The first-order chi connectivity index (χ1) is 15.2. The van der Waals surface area contributed by atoms with Crippen molar-refractivity contribution in [2.45, 2.75) is 33.8 Å². The van der Waals surface area contributed by atoms with Crippen LogP contribution in [-0.2, 0) is 16.1 Å². The molecule has 0 saturated heterocycles. The first-order valence-corrected chi connectivity index (χ1v) is 11.3. The Hall–Kier alpha value is -1.97. The molecule has 0 aliphatic rings. The minimum atomic E-state index is -2.37. The molecule has 2 aromatic rings. The van der Waals surface area contributed by atoms with Crippen LogP contribution in [0, 0.1) is 35.8 Å². The number of carbonyl (C=O) groups excluding carboxylic acids is 2. The number of hydrogen-bond acceptors (Lipinski definition) is 5. The molecule has 0 amide bonds. The van der Waals surface area contributed by atoms with Crippen molar-refractivity contribution in [3.8, 4) is 5.75 Å². The maximum absolute atomic E-state index is 14.2. The molecule has 0 heterocycles. The molecule has 0 bridgehead atoms. The summed E-state index contributed by atoms with van der Waals surface area (Å²) >= 11 is 3.83. The number of hydrogen-bond donors (Lipinski definition) is 1. The van der Waals surface area contributed by atoms with E-state index in [-0.39, 0.29) is 11.3 Å². The summed E-state index contributed by atoms with van der Waals surface area (Å²) in [6, 6.07) is 3.15. The number of ether oxygens (including phenoxy) is 2. The zero-order valence-electron chi connectivity index (χ0n) is 17.3. The molecular weight excluding hydrogens is 678 g/mol. The van der Waals surface area contributed by atoms with E-state index < -0.39 is 64.3 Å². The Labute approximate surface area is 212 Å². The van der Waals surface area contributed by atoms with E-state index in [4.69, 9.17) is 14.6 Å². The second kappa shape index (κ2) is 10.5. The lowest BCUT2D eigenvalue weighted by Crippen LogP contribution is -2.29. The maximum Gasteiger partial charge on any atom is 0.342 e. The molecule has 0 aliphatic heterocycles. The lowest BCUT2D eigenvalue weighted by atomic mass is 9.91. The van der Waals surface area contributed by atoms with E-state index in [0.29, 0.717) is 13.6 Å². The summed E-state index contributed by atoms with van der Waals surface area (Å²) in [5.41, 5.74) is -3.99. The molecule has 1 N–H and O–H groups in total. The average Bonchev–Trinajstić information content (AvgIpc) is 2.74. The van der Waals surface area contributed by atoms with Crippen LogP contribution in [0.25, 0.3) is 0 Å². The highest BCUT2D eigenvalue weighted by molar-refractivity contribution is 14.1. The highest BCUT2D eigenvalue weighted by Crippen LogP contribution is 2.33. The highest BCUT2D eigenvalue weighted by Gasteiger charge is 2.34. The second-order valence-electron chi connectivity index (χ2n) is 7.39. The minimum Gasteiger partial charge on any atom is -0.478 e. The number of carboxylic acids is 1. The molecule has 0 saturated carbocycles. The van der Waals surface area contributed by atoms with Crippen molar-refractivity contribution in [1.82, 2.24) is 0 Å². The molecule has 178 valence electrons. The van der Waals surface area contributed by atoms with Crippen molar-refractivity contribution in [2.24, 2.45) is 5.41 Å². The van der Waals surface area contributed by atoms with Crippen LogP contribution >= 0.6 is 45.2 Å². The topological polar surface area (TPSA) is 89.9 Å². The zero-order valence-corrected chi connectivity index (χ0v) is 21.6. The van der Waals surface area contributed by atoms with Crippen molar-refractivity contribution in [2.75, 3.05) is 0 Å². The van der Waals surface area contributed by atoms with Gasteiger partial charge in [0, 0.05) is 9.13 Å². The van der Waals surface area contributed by atoms with Gasteiger partial charge in [0.2, 0.25) is 0 Å². The van der Waals surface area contributed by atoms with Gasteiger partial charge in [0.25, 0.3) is 0 Å². The smallest absolute Gasteiger partial charge is 0.342 e. The van der Waals surface area contributed by atoms with Crippen LogP contribution in [0.2, 0.25) is 0 Å². The molecule has 12 heteroatoms. The van der Waals surface area contributed by atoms with Crippen LogP contribution in [0.4, 0.5) is 17.6 Å². The molecule has 0 unspecified atom stereocenters. The van der Waals surface area contributed by atoms with Gasteiger partial charge in [-0.25, -0.2) is 27.2 Å². The molecule has 0 aliphatic carbocycles. The van der Waals surface area contributed by atoms with Crippen molar-refractivity contribution >= 4 is 63.1 Å². The van der Waals surface area contributed by atoms with Crippen molar-refractivity contribution < 1.29 is 46.5 Å². The van der Waals surface area contributed by atoms with Crippen LogP contribution in [0.5, 0.6) is 5.75 Å². The van der Waals surface area contributed by atoms with Gasteiger partial charge < -0.3 is 14.6 Å². The summed E-state index contributed by atoms with van der Waals surface area (Å²) in [5.74, 6) is -13.6. The third-order valence-electron chi connectivity index (χ3n) is 4.76. The van der Waals surface area contributed by atoms with Gasteiger partial charge in [0.15, 0.2) is 29.0 Å². The molecule has 0 radical (unpaired) electrons. The van der Waals surface area contributed by atoms with E-state index in [1.54, 1.807) is 26.8 Å². The molecule has 0 fully saturated rings. The summed E-state index contributed by atoms with van der Waals surface area (Å²) in [7, 11) is 0. The molecular formula is C21H16F4I2O6. The number of esters is 2. The fourth-order valence-electron chi connectivity index (χ4n) is 2.45. The summed E-state index contributed by atoms with van der Waals surface area (Å²) in [6.07, 6.45) is 0.468. The van der Waals surface area contributed by atoms with E-state index in [0.717, 1.165) is 0 Å². The number of carbonyl (C=O) groups is 3. The Balaban J connectivity index is 2.45. The van der Waals surface area contributed by atoms with Crippen molar-refractivity contribution in [1.29, 1.82) is 0 Å². The Morgan fingerprint density at radius 2 is 1.52 bits per heavy atom. The summed E-state index contributed by atoms with van der Waals surface area (Å²) in [6.45, 7) is 4.46. The minimum absolute atomic E-state index is 0.0470. The van der Waals surface area contributed by atoms with Gasteiger partial charge in [0.05, 0.1) is 8.99 Å². The van der Waals surface area contributed by atoms with Gasteiger partial charge in [0.1, 0.15) is 17.7 Å². The average molecular weight is 694 g/mol. The van der Waals surface area contributed by atoms with Crippen molar-refractivity contribution in [3.63, 3.8) is 0 Å². The monoisotopic (exact) mass is 694 g/mol. The standard InChI is InChI=1S/C21H16F4I2O6/c1-4-21(2,3)20(31)33-17-8(5-9(26)6-10(17)27)7-32-19(30)12-11(18(28)29)13(22)15(24)16(25)14(12)23/h5-6H,4,7H2,1-3H3,(H,28,29). The normalized spacial score (nSPS) is 11.3. The summed E-state index contributed by atoms with van der Waals surface area (Å²) < 4.78 is 66.6. The van der Waals surface area contributed by atoms with Gasteiger partial charge in [-0.1, -0.05) is 6.92 Å². The molecule has 2 rings (SSSR count). The number of carboxylic acid groups (broad SMARTS) is 1. The van der Waals surface area contributed by atoms with Crippen molar-refractivity contribution in [3.05, 3.63) is 59.2 Å². The Kier molecular flexibility index (Phi) is 8.70. The van der Waals surface area contributed by atoms with E-state index in [2.05, 4.69) is 0 Å². The third kappa shape index (κ3) is 5.75. The highest BCUT2D eigenvalue weighted by atomic mass is 127. The lowest BCUT2D eigenvalue weighted by molar-refractivity contribution is -0.144. The SMILES string of the molecule is CCC(C)(C)C(=O)Oc1c(I)cc(I)cc1COC(=O)c1c(F)c(F)c(F)c(F)c1C(=O)O. The van der Waals surface area contributed by atoms with E-state index in [1.807, 2.05) is 45.2 Å². The fourth-order valence-corrected chi connectivity index (χ4v) is 4.53. The molecule has 0 atom stereocenters. The Morgan fingerprint density at radius 3 is 2.03 bits per heavy atom. The molecule has 0 spiro atoms. The number of benzene rings is 2. The predicted octanol–water partition coefficient (Wildman–Crippen LogP) is 5.85. The van der Waals surface area contributed by atoms with E-state index >= 15 is 0 Å². The molecule has 2 aromatic carbocycles. The zero-order chi connectivity index (χ0) is 25.2. The third-order valence-corrected chi connectivity index (χ3v) is 6.18. The summed E-state index contributed by atoms with van der Waals surface area (Å²) in [5, 5.41) is 9.07. The predicted molar refractivity (Wildman–Crippen MR) is 124 cm³/mol. The maximum atomic E-state index is 14.2. The van der Waals surface area contributed by atoms with Gasteiger partial charge in [-0.2, -0.15) is 0 Å². The Bertz CT molecular complexity index is 1150.